The number of amides is 1. The van der Waals surface area contributed by atoms with Crippen molar-refractivity contribution < 1.29 is 39.6 Å². The van der Waals surface area contributed by atoms with E-state index in [2.05, 4.69) is 4.98 Å². The van der Waals surface area contributed by atoms with E-state index in [1.54, 1.807) is 18.3 Å². The highest BCUT2D eigenvalue weighted by molar-refractivity contribution is 7.88. The van der Waals surface area contributed by atoms with Crippen LogP contribution in [0.25, 0.3) is 10.9 Å². The molecule has 0 saturated carbocycles. The third-order valence-corrected chi connectivity index (χ3v) is 7.41. The van der Waals surface area contributed by atoms with Crippen LogP contribution >= 0.6 is 0 Å². The van der Waals surface area contributed by atoms with Gasteiger partial charge < -0.3 is 9.88 Å². The molecule has 0 radical (unpaired) electrons. The van der Waals surface area contributed by atoms with Crippen molar-refractivity contribution >= 4 is 26.8 Å². The van der Waals surface area contributed by atoms with E-state index in [4.69, 9.17) is 0 Å². The summed E-state index contributed by atoms with van der Waals surface area (Å²) < 4.78 is 105. The number of fused-ring (bicyclic) bond motifs is 1. The lowest BCUT2D eigenvalue weighted by Gasteiger charge is -2.40. The number of piperazine rings is 1. The minimum absolute atomic E-state index is 0.0399. The number of hydrogen-bond acceptors (Lipinski definition) is 3. The number of H-pyrrole nitrogens is 1. The zero-order valence-corrected chi connectivity index (χ0v) is 19.6. The number of nitrogens with zero attached hydrogens (tertiary/aromatic N) is 2. The fourth-order valence-electron chi connectivity index (χ4n) is 4.37. The van der Waals surface area contributed by atoms with Gasteiger partial charge >= 0.3 is 12.4 Å². The summed E-state index contributed by atoms with van der Waals surface area (Å²) in [4.78, 5) is 17.5. The maximum absolute atomic E-state index is 13.3. The van der Waals surface area contributed by atoms with Crippen LogP contribution in [0.3, 0.4) is 0 Å². The second-order valence-electron chi connectivity index (χ2n) is 8.63. The minimum Gasteiger partial charge on any atom is -0.361 e. The SMILES string of the molecule is CS(=O)(=O)N1CCN(C(=O)c2cc(C(F)(F)F)cc(C(F)(F)F)c2)[C@H](Cc2c[nH]c3ccccc23)C1. The maximum atomic E-state index is 13.3. The Balaban J connectivity index is 1.74. The van der Waals surface area contributed by atoms with Gasteiger partial charge in [0.05, 0.1) is 17.4 Å². The van der Waals surface area contributed by atoms with Gasteiger partial charge in [-0.2, -0.15) is 30.6 Å². The molecule has 1 amide bonds. The average molecular weight is 533 g/mol. The van der Waals surface area contributed by atoms with Gasteiger partial charge in [0.1, 0.15) is 0 Å². The number of para-hydroxylation sites is 1. The number of hydrogen-bond donors (Lipinski definition) is 1. The Hall–Kier alpha value is -3.06. The van der Waals surface area contributed by atoms with Crippen LogP contribution in [-0.2, 0) is 28.8 Å². The molecule has 1 aliphatic rings. The van der Waals surface area contributed by atoms with E-state index in [9.17, 15) is 39.6 Å². The quantitative estimate of drug-likeness (QED) is 0.501. The highest BCUT2D eigenvalue weighted by atomic mass is 32.2. The summed E-state index contributed by atoms with van der Waals surface area (Å²) >= 11 is 0. The van der Waals surface area contributed by atoms with Gasteiger partial charge in [-0.3, -0.25) is 4.79 Å². The van der Waals surface area contributed by atoms with Gasteiger partial charge in [-0.05, 0) is 36.2 Å². The van der Waals surface area contributed by atoms with Crippen molar-refractivity contribution in [1.29, 1.82) is 0 Å². The van der Waals surface area contributed by atoms with Crippen LogP contribution in [0.5, 0.6) is 0 Å². The topological polar surface area (TPSA) is 73.5 Å². The molecular formula is C23H21F6N3O3S. The van der Waals surface area contributed by atoms with Crippen LogP contribution in [0, 0.1) is 0 Å². The molecule has 194 valence electrons. The van der Waals surface area contributed by atoms with E-state index in [-0.39, 0.29) is 32.1 Å². The molecule has 1 N–H and O–H groups in total. The molecule has 3 aromatic rings. The van der Waals surface area contributed by atoms with Gasteiger partial charge in [0.15, 0.2) is 0 Å². The van der Waals surface area contributed by atoms with Crippen LogP contribution in [0.15, 0.2) is 48.7 Å². The average Bonchev–Trinajstić information content (AvgIpc) is 3.19. The van der Waals surface area contributed by atoms with Crippen LogP contribution in [-0.4, -0.2) is 60.4 Å². The Morgan fingerprint density at radius 3 is 2.19 bits per heavy atom. The van der Waals surface area contributed by atoms with Gasteiger partial charge in [0.25, 0.3) is 5.91 Å². The largest absolute Gasteiger partial charge is 0.416 e. The Kier molecular flexibility index (Phi) is 6.58. The standard InChI is InChI=1S/C23H21F6N3O3S/c1-36(34,35)31-6-7-32(18(13-31)10-15-12-30-20-5-3-2-4-19(15)20)21(33)14-8-16(22(24,25)26)11-17(9-14)23(27,28)29/h2-5,8-9,11-12,18,30H,6-7,10,13H2,1H3/t18-/m1/s1. The molecule has 2 heterocycles. The molecule has 0 bridgehead atoms. The molecular weight excluding hydrogens is 512 g/mol. The fraction of sp³-hybridized carbons (Fsp3) is 0.348. The maximum Gasteiger partial charge on any atom is 0.416 e. The molecule has 1 aliphatic heterocycles. The van der Waals surface area contributed by atoms with E-state index < -0.39 is 51.0 Å². The van der Waals surface area contributed by atoms with Crippen molar-refractivity contribution in [2.45, 2.75) is 24.8 Å². The summed E-state index contributed by atoms with van der Waals surface area (Å²) in [6.45, 7) is -0.494. The van der Waals surface area contributed by atoms with Crippen LogP contribution in [0.4, 0.5) is 26.3 Å². The zero-order valence-electron chi connectivity index (χ0n) is 18.8. The van der Waals surface area contributed by atoms with Gasteiger partial charge in [0.2, 0.25) is 10.0 Å². The Bertz CT molecular complexity index is 1370. The molecule has 1 aromatic heterocycles. The molecule has 1 atom stereocenters. The lowest BCUT2D eigenvalue weighted by molar-refractivity contribution is -0.143. The molecule has 36 heavy (non-hydrogen) atoms. The summed E-state index contributed by atoms with van der Waals surface area (Å²) in [7, 11) is -3.66. The number of halogens is 6. The monoisotopic (exact) mass is 533 g/mol. The van der Waals surface area contributed by atoms with E-state index in [0.29, 0.717) is 12.1 Å². The first-order valence-corrected chi connectivity index (χ1v) is 12.6. The van der Waals surface area contributed by atoms with Crippen molar-refractivity contribution in [3.05, 3.63) is 70.9 Å². The number of benzene rings is 2. The number of carbonyl (C=O) groups is 1. The lowest BCUT2D eigenvalue weighted by atomic mass is 9.99. The summed E-state index contributed by atoms with van der Waals surface area (Å²) in [5.74, 6) is -1.04. The molecule has 0 spiro atoms. The van der Waals surface area contributed by atoms with Crippen LogP contribution < -0.4 is 0 Å². The molecule has 13 heteroatoms. The van der Waals surface area contributed by atoms with E-state index in [0.717, 1.165) is 31.9 Å². The van der Waals surface area contributed by atoms with Gasteiger partial charge in [-0.15, -0.1) is 0 Å². The molecule has 1 fully saturated rings. The number of aromatic amines is 1. The predicted molar refractivity (Wildman–Crippen MR) is 120 cm³/mol. The van der Waals surface area contributed by atoms with Gasteiger partial charge in [-0.25, -0.2) is 8.42 Å². The Morgan fingerprint density at radius 2 is 1.61 bits per heavy atom. The summed E-state index contributed by atoms with van der Waals surface area (Å²) in [6.07, 6.45) is -7.40. The first-order chi connectivity index (χ1) is 16.6. The summed E-state index contributed by atoms with van der Waals surface area (Å²) in [5.41, 5.74) is -2.45. The highest BCUT2D eigenvalue weighted by Crippen LogP contribution is 2.37. The van der Waals surface area contributed by atoms with Gasteiger partial charge in [-0.1, -0.05) is 18.2 Å². The van der Waals surface area contributed by atoms with E-state index >= 15 is 0 Å². The summed E-state index contributed by atoms with van der Waals surface area (Å²) in [5, 5.41) is 0.805. The van der Waals surface area contributed by atoms with Crippen molar-refractivity contribution in [2.75, 3.05) is 25.9 Å². The smallest absolute Gasteiger partial charge is 0.361 e. The Morgan fingerprint density at radius 1 is 1.00 bits per heavy atom. The second kappa shape index (κ2) is 9.11. The molecule has 2 aromatic carbocycles. The normalized spacial score (nSPS) is 18.1. The number of sulfonamides is 1. The molecule has 0 aliphatic carbocycles. The predicted octanol–water partition coefficient (Wildman–Crippen LogP) is 4.53. The van der Waals surface area contributed by atoms with Crippen molar-refractivity contribution in [3.63, 3.8) is 0 Å². The molecule has 1 saturated heterocycles. The van der Waals surface area contributed by atoms with Crippen LogP contribution in [0.2, 0.25) is 0 Å². The first kappa shape index (κ1) is 26.0. The van der Waals surface area contributed by atoms with E-state index in [1.165, 1.54) is 0 Å². The third-order valence-electron chi connectivity index (χ3n) is 6.14. The zero-order chi connectivity index (χ0) is 26.5. The number of aromatic nitrogens is 1. The van der Waals surface area contributed by atoms with E-state index in [1.807, 2.05) is 12.1 Å². The van der Waals surface area contributed by atoms with Crippen LogP contribution in [0.1, 0.15) is 27.0 Å². The first-order valence-electron chi connectivity index (χ1n) is 10.7. The number of nitrogens with one attached hydrogen (secondary N) is 1. The molecule has 4 rings (SSSR count). The molecule has 0 unspecified atom stereocenters. The number of alkyl halides is 6. The minimum atomic E-state index is -5.10. The summed E-state index contributed by atoms with van der Waals surface area (Å²) in [6, 6.07) is 7.13. The molecule has 6 nitrogen and oxygen atoms in total. The van der Waals surface area contributed by atoms with Crippen molar-refractivity contribution in [3.8, 4) is 0 Å². The lowest BCUT2D eigenvalue weighted by Crippen LogP contribution is -2.57. The van der Waals surface area contributed by atoms with Crippen molar-refractivity contribution in [1.82, 2.24) is 14.2 Å². The Labute approximate surface area is 202 Å². The third kappa shape index (κ3) is 5.36. The van der Waals surface area contributed by atoms with Gasteiger partial charge in [0, 0.05) is 48.3 Å². The number of rotatable bonds is 4. The highest BCUT2D eigenvalue weighted by Gasteiger charge is 2.40. The van der Waals surface area contributed by atoms with Crippen molar-refractivity contribution in [2.24, 2.45) is 0 Å². The fourth-order valence-corrected chi connectivity index (χ4v) is 5.22. The number of carbonyl (C=O) groups excluding carboxylic acids is 1. The second-order valence-corrected chi connectivity index (χ2v) is 10.6.